The third kappa shape index (κ3) is 3.10. The highest BCUT2D eigenvalue weighted by molar-refractivity contribution is 5.99. The molecule has 0 aromatic rings. The first-order chi connectivity index (χ1) is 13.0. The number of carbonyl (C=O) groups excluding carboxylic acids is 3. The van der Waals surface area contributed by atoms with E-state index in [1.165, 1.54) is 4.90 Å². The van der Waals surface area contributed by atoms with Crippen molar-refractivity contribution >= 4 is 17.7 Å². The first kappa shape index (κ1) is 21.0. The Bertz CT molecular complexity index is 675. The Balaban J connectivity index is 2.00. The average molecular weight is 396 g/mol. The van der Waals surface area contributed by atoms with Crippen LogP contribution in [0.25, 0.3) is 0 Å². The molecule has 0 saturated carbocycles. The molecule has 3 heterocycles. The van der Waals surface area contributed by atoms with E-state index in [4.69, 9.17) is 4.74 Å². The van der Waals surface area contributed by atoms with E-state index in [1.807, 2.05) is 34.6 Å². The van der Waals surface area contributed by atoms with E-state index in [9.17, 15) is 19.5 Å². The summed E-state index contributed by atoms with van der Waals surface area (Å²) in [6, 6.07) is -0.845. The van der Waals surface area contributed by atoms with Gasteiger partial charge in [0.15, 0.2) is 0 Å². The Labute approximate surface area is 166 Å². The zero-order chi connectivity index (χ0) is 20.9. The van der Waals surface area contributed by atoms with E-state index in [1.54, 1.807) is 0 Å². The van der Waals surface area contributed by atoms with Gasteiger partial charge in [-0.25, -0.2) is 0 Å². The van der Waals surface area contributed by atoms with Crippen LogP contribution in [0.15, 0.2) is 0 Å². The summed E-state index contributed by atoms with van der Waals surface area (Å²) in [5.41, 5.74) is -2.26. The Kier molecular flexibility index (Phi) is 5.25. The highest BCUT2D eigenvalue weighted by atomic mass is 16.5. The predicted octanol–water partition coefficient (Wildman–Crippen LogP) is 0.184. The van der Waals surface area contributed by atoms with Crippen molar-refractivity contribution in [2.45, 2.75) is 76.7 Å². The van der Waals surface area contributed by atoms with Gasteiger partial charge >= 0.3 is 0 Å². The Morgan fingerprint density at radius 2 is 1.96 bits per heavy atom. The lowest BCUT2D eigenvalue weighted by atomic mass is 9.66. The van der Waals surface area contributed by atoms with E-state index in [0.29, 0.717) is 19.4 Å². The largest absolute Gasteiger partial charge is 0.395 e. The molecule has 158 valence electrons. The van der Waals surface area contributed by atoms with Crippen LogP contribution in [-0.2, 0) is 19.1 Å². The summed E-state index contributed by atoms with van der Waals surface area (Å²) in [6.45, 7) is 9.80. The van der Waals surface area contributed by atoms with Gasteiger partial charge < -0.3 is 25.4 Å². The molecule has 8 heteroatoms. The number of carbonyl (C=O) groups is 3. The van der Waals surface area contributed by atoms with Crippen LogP contribution in [0.5, 0.6) is 0 Å². The van der Waals surface area contributed by atoms with E-state index in [0.717, 1.165) is 6.42 Å². The molecule has 1 spiro atoms. The summed E-state index contributed by atoms with van der Waals surface area (Å²) in [4.78, 5) is 40.9. The first-order valence-corrected chi connectivity index (χ1v) is 10.2. The SMILES string of the molecule is CCCNC(=O)[C@@H]1[C@H]2C(=O)N(CCO)C(C(=O)NC(C)(C)C)C23CC[C@@]1(C)O3. The lowest BCUT2D eigenvalue weighted by Gasteiger charge is -2.35. The minimum Gasteiger partial charge on any atom is -0.395 e. The third-order valence-corrected chi connectivity index (χ3v) is 6.20. The minimum absolute atomic E-state index is 0.0443. The van der Waals surface area contributed by atoms with Gasteiger partial charge in [0.25, 0.3) is 0 Å². The van der Waals surface area contributed by atoms with E-state index >= 15 is 0 Å². The molecule has 0 radical (unpaired) electrons. The highest BCUT2D eigenvalue weighted by Crippen LogP contribution is 2.63. The molecule has 3 amide bonds. The number of aliphatic hydroxyl groups is 1. The summed E-state index contributed by atoms with van der Waals surface area (Å²) in [5.74, 6) is -2.09. The summed E-state index contributed by atoms with van der Waals surface area (Å²) in [6.07, 6.45) is 1.96. The van der Waals surface area contributed by atoms with E-state index in [-0.39, 0.29) is 30.9 Å². The molecule has 8 nitrogen and oxygen atoms in total. The van der Waals surface area contributed by atoms with Crippen LogP contribution in [0.3, 0.4) is 0 Å². The molecule has 0 aromatic heterocycles. The molecule has 2 unspecified atom stereocenters. The van der Waals surface area contributed by atoms with Crippen molar-refractivity contribution in [2.75, 3.05) is 19.7 Å². The fourth-order valence-electron chi connectivity index (χ4n) is 5.27. The molecule has 0 aliphatic carbocycles. The van der Waals surface area contributed by atoms with Crippen LogP contribution in [0, 0.1) is 11.8 Å². The second-order valence-electron chi connectivity index (χ2n) is 9.51. The lowest BCUT2D eigenvalue weighted by Crippen LogP contribution is -2.58. The van der Waals surface area contributed by atoms with Gasteiger partial charge in [0.05, 0.1) is 24.0 Å². The molecular weight excluding hydrogens is 362 g/mol. The summed E-state index contributed by atoms with van der Waals surface area (Å²) in [7, 11) is 0. The van der Waals surface area contributed by atoms with Crippen LogP contribution in [0.2, 0.25) is 0 Å². The molecule has 2 bridgehead atoms. The minimum atomic E-state index is -1.02. The van der Waals surface area contributed by atoms with Crippen molar-refractivity contribution in [3.63, 3.8) is 0 Å². The molecular formula is C20H33N3O5. The highest BCUT2D eigenvalue weighted by Gasteiger charge is 2.77. The molecule has 3 rings (SSSR count). The summed E-state index contributed by atoms with van der Waals surface area (Å²) in [5, 5.41) is 15.4. The van der Waals surface area contributed by atoms with Crippen molar-refractivity contribution in [1.82, 2.24) is 15.5 Å². The van der Waals surface area contributed by atoms with Gasteiger partial charge in [-0.2, -0.15) is 0 Å². The zero-order valence-corrected chi connectivity index (χ0v) is 17.5. The number of β-amino-alcohol motifs (C(OH)–C–C–N with tert-alkyl or cyclic N) is 1. The second-order valence-corrected chi connectivity index (χ2v) is 9.51. The number of likely N-dealkylation sites (tertiary alicyclic amines) is 1. The summed E-state index contributed by atoms with van der Waals surface area (Å²) < 4.78 is 6.41. The smallest absolute Gasteiger partial charge is 0.246 e. The number of amides is 3. The van der Waals surface area contributed by atoms with Crippen molar-refractivity contribution < 1.29 is 24.2 Å². The van der Waals surface area contributed by atoms with Crippen LogP contribution in [0.1, 0.15) is 53.9 Å². The van der Waals surface area contributed by atoms with Gasteiger partial charge in [-0.15, -0.1) is 0 Å². The molecule has 3 aliphatic heterocycles. The normalized spacial score (nSPS) is 36.6. The number of nitrogens with zero attached hydrogens (tertiary/aromatic N) is 1. The number of nitrogens with one attached hydrogen (secondary N) is 2. The Hall–Kier alpha value is -1.67. The van der Waals surface area contributed by atoms with Crippen LogP contribution in [-0.4, -0.2) is 70.2 Å². The van der Waals surface area contributed by atoms with Crippen molar-refractivity contribution in [3.8, 4) is 0 Å². The molecule has 3 fully saturated rings. The van der Waals surface area contributed by atoms with Gasteiger partial charge in [-0.05, 0) is 47.0 Å². The second kappa shape index (κ2) is 6.99. The number of aliphatic hydroxyl groups excluding tert-OH is 1. The van der Waals surface area contributed by atoms with E-state index in [2.05, 4.69) is 10.6 Å². The van der Waals surface area contributed by atoms with Crippen molar-refractivity contribution in [3.05, 3.63) is 0 Å². The number of ether oxygens (including phenoxy) is 1. The Morgan fingerprint density at radius 1 is 1.29 bits per heavy atom. The topological polar surface area (TPSA) is 108 Å². The average Bonchev–Trinajstić information content (AvgIpc) is 3.13. The van der Waals surface area contributed by atoms with Gasteiger partial charge in [0.2, 0.25) is 17.7 Å². The summed E-state index contributed by atoms with van der Waals surface area (Å²) >= 11 is 0. The van der Waals surface area contributed by atoms with Crippen LogP contribution in [0.4, 0.5) is 0 Å². The monoisotopic (exact) mass is 395 g/mol. The third-order valence-electron chi connectivity index (χ3n) is 6.20. The fraction of sp³-hybridized carbons (Fsp3) is 0.850. The van der Waals surface area contributed by atoms with Gasteiger partial charge in [0.1, 0.15) is 11.6 Å². The van der Waals surface area contributed by atoms with Gasteiger partial charge in [0, 0.05) is 18.6 Å². The van der Waals surface area contributed by atoms with Crippen LogP contribution >= 0.6 is 0 Å². The molecule has 0 aromatic carbocycles. The molecule has 3 saturated heterocycles. The molecule has 3 N–H and O–H groups in total. The van der Waals surface area contributed by atoms with Crippen molar-refractivity contribution in [1.29, 1.82) is 0 Å². The standard InChI is InChI=1S/C20H33N3O5/c1-6-9-21-15(25)12-13-17(27)23(10-11-24)14(16(26)22-18(2,3)4)20(13)8-7-19(12,5)28-20/h12-14,24H,6-11H2,1-5H3,(H,21,25)(H,22,26)/t12-,13-,14?,19+,20?/m0/s1. The predicted molar refractivity (Wildman–Crippen MR) is 102 cm³/mol. The molecule has 3 aliphatic rings. The number of fused-ring (bicyclic) bond motifs is 1. The molecule has 28 heavy (non-hydrogen) atoms. The maximum Gasteiger partial charge on any atom is 0.246 e. The van der Waals surface area contributed by atoms with E-state index < -0.39 is 34.6 Å². The first-order valence-electron chi connectivity index (χ1n) is 10.2. The fourth-order valence-corrected chi connectivity index (χ4v) is 5.27. The number of hydrogen-bond donors (Lipinski definition) is 3. The Morgan fingerprint density at radius 3 is 2.54 bits per heavy atom. The number of hydrogen-bond acceptors (Lipinski definition) is 5. The molecule has 5 atom stereocenters. The van der Waals surface area contributed by atoms with Crippen LogP contribution < -0.4 is 10.6 Å². The number of rotatable bonds is 6. The van der Waals surface area contributed by atoms with Gasteiger partial charge in [-0.3, -0.25) is 14.4 Å². The maximum absolute atomic E-state index is 13.3. The zero-order valence-electron chi connectivity index (χ0n) is 17.5. The van der Waals surface area contributed by atoms with Gasteiger partial charge in [-0.1, -0.05) is 6.92 Å². The lowest BCUT2D eigenvalue weighted by molar-refractivity contribution is -0.147. The maximum atomic E-state index is 13.3. The van der Waals surface area contributed by atoms with Crippen molar-refractivity contribution in [2.24, 2.45) is 11.8 Å². The quantitative estimate of drug-likeness (QED) is 0.595.